The molecular formula is C26H18FN5O3S2. The second-order valence-corrected chi connectivity index (χ2v) is 10.5. The third-order valence-electron chi connectivity index (χ3n) is 5.48. The Morgan fingerprint density at radius 1 is 1.03 bits per heavy atom. The molecule has 0 aliphatic heterocycles. The van der Waals surface area contributed by atoms with Gasteiger partial charge in [0.1, 0.15) is 17.6 Å². The van der Waals surface area contributed by atoms with E-state index in [2.05, 4.69) is 14.8 Å². The van der Waals surface area contributed by atoms with Crippen LogP contribution in [0.5, 0.6) is 11.5 Å². The number of sulfonamides is 1. The Morgan fingerprint density at radius 3 is 2.49 bits per heavy atom. The lowest BCUT2D eigenvalue weighted by Gasteiger charge is -2.15. The summed E-state index contributed by atoms with van der Waals surface area (Å²) in [4.78, 5) is 3.49. The van der Waals surface area contributed by atoms with Gasteiger partial charge in [0, 0.05) is 18.8 Å². The molecule has 0 atom stereocenters. The molecule has 2 heterocycles. The van der Waals surface area contributed by atoms with Crippen LogP contribution in [0.2, 0.25) is 0 Å². The molecule has 11 heteroatoms. The molecule has 0 spiro atoms. The van der Waals surface area contributed by atoms with Gasteiger partial charge in [0.2, 0.25) is 0 Å². The van der Waals surface area contributed by atoms with Gasteiger partial charge in [-0.15, -0.1) is 0 Å². The van der Waals surface area contributed by atoms with Crippen molar-refractivity contribution >= 4 is 26.5 Å². The monoisotopic (exact) mass is 531 g/mol. The van der Waals surface area contributed by atoms with Gasteiger partial charge in [-0.1, -0.05) is 47.7 Å². The first-order valence-corrected chi connectivity index (χ1v) is 13.2. The van der Waals surface area contributed by atoms with Crippen LogP contribution < -0.4 is 9.46 Å². The largest absolute Gasteiger partial charge is 0.455 e. The molecule has 184 valence electrons. The summed E-state index contributed by atoms with van der Waals surface area (Å²) in [5.74, 6) is 0.643. The molecule has 8 nitrogen and oxygen atoms in total. The average molecular weight is 532 g/mol. The number of nitriles is 1. The fourth-order valence-electron chi connectivity index (χ4n) is 3.71. The fourth-order valence-corrected chi connectivity index (χ4v) is 5.53. The molecule has 0 aliphatic carbocycles. The summed E-state index contributed by atoms with van der Waals surface area (Å²) in [5, 5.41) is 13.3. The molecule has 5 rings (SSSR count). The summed E-state index contributed by atoms with van der Waals surface area (Å²) >= 11 is 0.560. The summed E-state index contributed by atoms with van der Waals surface area (Å²) in [7, 11) is -2.28. The maximum atomic E-state index is 13.2. The molecule has 0 amide bonds. The number of thiazole rings is 1. The van der Waals surface area contributed by atoms with E-state index in [1.807, 2.05) is 61.6 Å². The standard InChI is InChI=1S/C26H18FN5O3S2/c1-32-22(11-12-30-32)21-14-18(17-5-3-2-4-6-17)7-9-24(21)35-23-10-8-20(13-19(23)15-28)37(33,34)31-26-29-16-25(27)36-26/h2-14,16H,1H3,(H,29,31). The minimum atomic E-state index is -4.09. The number of halogens is 1. The molecule has 0 saturated heterocycles. The molecule has 0 radical (unpaired) electrons. The molecule has 2 aromatic heterocycles. The lowest BCUT2D eigenvalue weighted by molar-refractivity contribution is 0.481. The quantitative estimate of drug-likeness (QED) is 0.284. The minimum Gasteiger partial charge on any atom is -0.455 e. The number of hydrogen-bond donors (Lipinski definition) is 1. The molecule has 37 heavy (non-hydrogen) atoms. The molecule has 3 aromatic carbocycles. The zero-order valence-corrected chi connectivity index (χ0v) is 20.9. The third-order valence-corrected chi connectivity index (χ3v) is 7.65. The third kappa shape index (κ3) is 5.06. The highest BCUT2D eigenvalue weighted by atomic mass is 32.2. The number of aryl methyl sites for hydroxylation is 1. The number of anilines is 1. The topological polar surface area (TPSA) is 110 Å². The maximum Gasteiger partial charge on any atom is 0.263 e. The van der Waals surface area contributed by atoms with E-state index in [-0.39, 0.29) is 21.3 Å². The molecule has 0 fully saturated rings. The highest BCUT2D eigenvalue weighted by Crippen LogP contribution is 2.38. The van der Waals surface area contributed by atoms with Crippen LogP contribution in [0.3, 0.4) is 0 Å². The highest BCUT2D eigenvalue weighted by Gasteiger charge is 2.20. The molecular weight excluding hydrogens is 513 g/mol. The van der Waals surface area contributed by atoms with E-state index in [9.17, 15) is 18.1 Å². The van der Waals surface area contributed by atoms with Gasteiger partial charge in [-0.25, -0.2) is 13.4 Å². The molecule has 0 unspecified atom stereocenters. The van der Waals surface area contributed by atoms with Crippen LogP contribution in [0, 0.1) is 16.5 Å². The predicted molar refractivity (Wildman–Crippen MR) is 138 cm³/mol. The summed E-state index contributed by atoms with van der Waals surface area (Å²) in [5.41, 5.74) is 3.55. The first kappa shape index (κ1) is 24.2. The Labute approximate surface area is 216 Å². The Hall–Kier alpha value is -4.53. The van der Waals surface area contributed by atoms with E-state index in [1.165, 1.54) is 18.2 Å². The van der Waals surface area contributed by atoms with Gasteiger partial charge in [-0.3, -0.25) is 9.40 Å². The molecule has 0 saturated carbocycles. The molecule has 0 aliphatic rings. The normalized spacial score (nSPS) is 11.2. The second kappa shape index (κ2) is 9.85. The summed E-state index contributed by atoms with van der Waals surface area (Å²) in [6.07, 6.45) is 2.60. The lowest BCUT2D eigenvalue weighted by Crippen LogP contribution is -2.13. The van der Waals surface area contributed by atoms with Crippen molar-refractivity contribution in [2.24, 2.45) is 7.05 Å². The number of nitrogens with zero attached hydrogens (tertiary/aromatic N) is 4. The van der Waals surface area contributed by atoms with Gasteiger partial charge in [-0.05, 0) is 47.5 Å². The van der Waals surface area contributed by atoms with Crippen LogP contribution in [0.1, 0.15) is 5.56 Å². The summed E-state index contributed by atoms with van der Waals surface area (Å²) in [6.45, 7) is 0. The van der Waals surface area contributed by atoms with E-state index < -0.39 is 15.2 Å². The maximum absolute atomic E-state index is 13.2. The number of rotatable bonds is 7. The number of aromatic nitrogens is 3. The summed E-state index contributed by atoms with van der Waals surface area (Å²) in [6, 6.07) is 23.3. The number of hydrogen-bond acceptors (Lipinski definition) is 7. The van der Waals surface area contributed by atoms with E-state index in [1.54, 1.807) is 16.9 Å². The van der Waals surface area contributed by atoms with Crippen LogP contribution in [0.25, 0.3) is 22.4 Å². The molecule has 0 bridgehead atoms. The van der Waals surface area contributed by atoms with Crippen molar-refractivity contribution in [3.05, 3.63) is 95.9 Å². The predicted octanol–water partition coefficient (Wildman–Crippen LogP) is 5.81. The van der Waals surface area contributed by atoms with Crippen LogP contribution in [0.15, 0.2) is 90.1 Å². The minimum absolute atomic E-state index is 0.0105. The second-order valence-electron chi connectivity index (χ2n) is 7.86. The van der Waals surface area contributed by atoms with Crippen molar-refractivity contribution in [3.63, 3.8) is 0 Å². The van der Waals surface area contributed by atoms with Gasteiger partial charge >= 0.3 is 0 Å². The van der Waals surface area contributed by atoms with Crippen molar-refractivity contribution in [2.45, 2.75) is 4.90 Å². The fraction of sp³-hybridized carbons (Fsp3) is 0.0385. The van der Waals surface area contributed by atoms with Gasteiger partial charge in [0.05, 0.1) is 22.3 Å². The van der Waals surface area contributed by atoms with Crippen LogP contribution in [-0.2, 0) is 17.1 Å². The van der Waals surface area contributed by atoms with Crippen LogP contribution >= 0.6 is 11.3 Å². The van der Waals surface area contributed by atoms with E-state index in [0.29, 0.717) is 17.1 Å². The van der Waals surface area contributed by atoms with Crippen molar-refractivity contribution in [1.82, 2.24) is 14.8 Å². The van der Waals surface area contributed by atoms with Crippen molar-refractivity contribution in [1.29, 1.82) is 5.26 Å². The van der Waals surface area contributed by atoms with Gasteiger partial charge < -0.3 is 4.74 Å². The Morgan fingerprint density at radius 2 is 1.81 bits per heavy atom. The van der Waals surface area contributed by atoms with Crippen molar-refractivity contribution < 1.29 is 17.5 Å². The summed E-state index contributed by atoms with van der Waals surface area (Å²) < 4.78 is 48.8. The van der Waals surface area contributed by atoms with Crippen LogP contribution in [0.4, 0.5) is 9.52 Å². The zero-order chi connectivity index (χ0) is 26.0. The SMILES string of the molecule is Cn1nccc1-c1cc(-c2ccccc2)ccc1Oc1ccc(S(=O)(=O)Nc2ncc(F)s2)cc1C#N. The van der Waals surface area contributed by atoms with E-state index in [0.717, 1.165) is 28.6 Å². The smallest absolute Gasteiger partial charge is 0.263 e. The Balaban J connectivity index is 1.51. The Bertz CT molecular complexity index is 1740. The first-order chi connectivity index (χ1) is 17.8. The van der Waals surface area contributed by atoms with Crippen molar-refractivity contribution in [3.8, 4) is 40.0 Å². The van der Waals surface area contributed by atoms with Gasteiger partial charge in [0.25, 0.3) is 10.0 Å². The Kier molecular flexibility index (Phi) is 6.43. The van der Waals surface area contributed by atoms with Crippen LogP contribution in [-0.4, -0.2) is 23.2 Å². The highest BCUT2D eigenvalue weighted by molar-refractivity contribution is 7.93. The zero-order valence-electron chi connectivity index (χ0n) is 19.3. The average Bonchev–Trinajstić information content (AvgIpc) is 3.51. The van der Waals surface area contributed by atoms with E-state index >= 15 is 0 Å². The number of ether oxygens (including phenoxy) is 1. The van der Waals surface area contributed by atoms with E-state index in [4.69, 9.17) is 4.74 Å². The van der Waals surface area contributed by atoms with Gasteiger partial charge in [-0.2, -0.15) is 14.8 Å². The number of nitrogens with one attached hydrogen (secondary N) is 1. The lowest BCUT2D eigenvalue weighted by atomic mass is 10.0. The molecule has 1 N–H and O–H groups in total. The number of benzene rings is 3. The molecule has 5 aromatic rings. The van der Waals surface area contributed by atoms with Crippen molar-refractivity contribution in [2.75, 3.05) is 4.72 Å². The first-order valence-electron chi connectivity index (χ1n) is 10.9. The van der Waals surface area contributed by atoms with Gasteiger partial charge in [0.15, 0.2) is 10.3 Å².